The van der Waals surface area contributed by atoms with Gasteiger partial charge >= 0.3 is 0 Å². The van der Waals surface area contributed by atoms with Crippen LogP contribution in [0.4, 0.5) is 10.1 Å². The molecule has 0 amide bonds. The molecule has 21 heavy (non-hydrogen) atoms. The second-order valence-corrected chi connectivity index (χ2v) is 5.23. The number of halogens is 1. The van der Waals surface area contributed by atoms with Gasteiger partial charge in [-0.25, -0.2) is 4.39 Å². The Morgan fingerprint density at radius 2 is 1.95 bits per heavy atom. The Hall–Kier alpha value is -1.44. The molecule has 1 aliphatic heterocycles. The highest BCUT2D eigenvalue weighted by molar-refractivity contribution is 7.80. The standard InChI is InChI=1S/C14H21FN4OS/c15-12-2-4-13(5-3-12)17-18-14(21)16-6-1-7-19-8-10-20-11-9-19/h2-5,17H,1,6-11H2,(H2,16,18,21). The first-order valence-electron chi connectivity index (χ1n) is 7.09. The summed E-state index contributed by atoms with van der Waals surface area (Å²) in [7, 11) is 0. The van der Waals surface area contributed by atoms with E-state index in [4.69, 9.17) is 17.0 Å². The molecule has 0 unspecified atom stereocenters. The molecule has 1 aromatic rings. The maximum Gasteiger partial charge on any atom is 0.185 e. The molecule has 0 atom stereocenters. The molecule has 7 heteroatoms. The number of nitrogens with zero attached hydrogens (tertiary/aromatic N) is 1. The van der Waals surface area contributed by atoms with Crippen LogP contribution in [0.5, 0.6) is 0 Å². The normalized spacial score (nSPS) is 15.5. The van der Waals surface area contributed by atoms with E-state index in [0.717, 1.165) is 51.5 Å². The van der Waals surface area contributed by atoms with Gasteiger partial charge in [-0.15, -0.1) is 0 Å². The zero-order chi connectivity index (χ0) is 14.9. The van der Waals surface area contributed by atoms with Gasteiger partial charge in [0.1, 0.15) is 5.82 Å². The number of nitrogens with one attached hydrogen (secondary N) is 3. The van der Waals surface area contributed by atoms with Crippen molar-refractivity contribution >= 4 is 23.0 Å². The van der Waals surface area contributed by atoms with Crippen LogP contribution < -0.4 is 16.2 Å². The number of hydrazine groups is 1. The molecule has 0 bridgehead atoms. The maximum atomic E-state index is 12.7. The van der Waals surface area contributed by atoms with E-state index in [2.05, 4.69) is 21.1 Å². The van der Waals surface area contributed by atoms with Crippen LogP contribution in [-0.2, 0) is 4.74 Å². The zero-order valence-electron chi connectivity index (χ0n) is 11.9. The Kier molecular flexibility index (Phi) is 6.65. The average Bonchev–Trinajstić information content (AvgIpc) is 2.52. The van der Waals surface area contributed by atoms with Crippen molar-refractivity contribution in [2.45, 2.75) is 6.42 Å². The highest BCUT2D eigenvalue weighted by Gasteiger charge is 2.09. The number of rotatable bonds is 6. The molecular weight excluding hydrogens is 291 g/mol. The second kappa shape index (κ2) is 8.76. The van der Waals surface area contributed by atoms with Crippen LogP contribution in [0.1, 0.15) is 6.42 Å². The van der Waals surface area contributed by atoms with E-state index in [-0.39, 0.29) is 5.82 Å². The van der Waals surface area contributed by atoms with Gasteiger partial charge in [0.25, 0.3) is 0 Å². The SMILES string of the molecule is Fc1ccc(NNC(=S)NCCCN2CCOCC2)cc1. The van der Waals surface area contributed by atoms with Crippen LogP contribution in [0.25, 0.3) is 0 Å². The van der Waals surface area contributed by atoms with Crippen molar-refractivity contribution in [2.24, 2.45) is 0 Å². The van der Waals surface area contributed by atoms with Gasteiger partial charge in [0, 0.05) is 19.6 Å². The molecule has 1 heterocycles. The fourth-order valence-corrected chi connectivity index (χ4v) is 2.19. The Balaban J connectivity index is 1.54. The summed E-state index contributed by atoms with van der Waals surface area (Å²) in [5.74, 6) is -0.260. The third-order valence-electron chi connectivity index (χ3n) is 3.20. The van der Waals surface area contributed by atoms with Crippen LogP contribution in [0.15, 0.2) is 24.3 Å². The van der Waals surface area contributed by atoms with Gasteiger partial charge in [-0.1, -0.05) is 0 Å². The average molecular weight is 312 g/mol. The number of ether oxygens (including phenoxy) is 1. The van der Waals surface area contributed by atoms with Gasteiger partial charge in [0.2, 0.25) is 0 Å². The fraction of sp³-hybridized carbons (Fsp3) is 0.500. The van der Waals surface area contributed by atoms with Crippen LogP contribution >= 0.6 is 12.2 Å². The predicted octanol–water partition coefficient (Wildman–Crippen LogP) is 1.34. The lowest BCUT2D eigenvalue weighted by atomic mass is 10.3. The molecule has 116 valence electrons. The Labute approximate surface area is 129 Å². The van der Waals surface area contributed by atoms with E-state index >= 15 is 0 Å². The van der Waals surface area contributed by atoms with E-state index < -0.39 is 0 Å². The molecule has 1 saturated heterocycles. The summed E-state index contributed by atoms with van der Waals surface area (Å²) < 4.78 is 18.1. The number of hydrogen-bond donors (Lipinski definition) is 3. The molecule has 0 aromatic heterocycles. The Bertz CT molecular complexity index is 437. The first kappa shape index (κ1) is 15.9. The number of anilines is 1. The number of thiocarbonyl (C=S) groups is 1. The lowest BCUT2D eigenvalue weighted by Gasteiger charge is -2.26. The fourth-order valence-electron chi connectivity index (χ4n) is 2.04. The van der Waals surface area contributed by atoms with Gasteiger partial charge in [-0.05, 0) is 49.4 Å². The quantitative estimate of drug-likeness (QED) is 0.419. The van der Waals surface area contributed by atoms with Gasteiger partial charge in [-0.3, -0.25) is 15.8 Å². The van der Waals surface area contributed by atoms with E-state index in [9.17, 15) is 4.39 Å². The topological polar surface area (TPSA) is 48.6 Å². The maximum absolute atomic E-state index is 12.7. The lowest BCUT2D eigenvalue weighted by molar-refractivity contribution is 0.0376. The van der Waals surface area contributed by atoms with Crippen LogP contribution in [0.2, 0.25) is 0 Å². The predicted molar refractivity (Wildman–Crippen MR) is 85.6 cm³/mol. The van der Waals surface area contributed by atoms with Crippen LogP contribution in [0, 0.1) is 5.82 Å². The van der Waals surface area contributed by atoms with Crippen LogP contribution in [-0.4, -0.2) is 49.4 Å². The largest absolute Gasteiger partial charge is 0.379 e. The van der Waals surface area contributed by atoms with Gasteiger partial charge in [-0.2, -0.15) is 0 Å². The smallest absolute Gasteiger partial charge is 0.185 e. The summed E-state index contributed by atoms with van der Waals surface area (Å²) in [5, 5.41) is 3.66. The van der Waals surface area contributed by atoms with E-state index in [1.54, 1.807) is 12.1 Å². The summed E-state index contributed by atoms with van der Waals surface area (Å²) in [6.07, 6.45) is 1.03. The van der Waals surface area contributed by atoms with Gasteiger partial charge < -0.3 is 10.1 Å². The molecule has 2 rings (SSSR count). The van der Waals surface area contributed by atoms with Crippen molar-refractivity contribution in [3.8, 4) is 0 Å². The highest BCUT2D eigenvalue weighted by atomic mass is 32.1. The first-order valence-corrected chi connectivity index (χ1v) is 7.50. The Morgan fingerprint density at radius 1 is 1.24 bits per heavy atom. The van der Waals surface area contributed by atoms with E-state index in [0.29, 0.717) is 5.11 Å². The molecule has 1 fully saturated rings. The number of morpholine rings is 1. The molecule has 0 spiro atoms. The molecule has 1 aliphatic rings. The van der Waals surface area contributed by atoms with Crippen molar-refractivity contribution in [2.75, 3.05) is 44.8 Å². The molecule has 0 aliphatic carbocycles. The summed E-state index contributed by atoms with van der Waals surface area (Å²) in [4.78, 5) is 2.39. The molecule has 5 nitrogen and oxygen atoms in total. The third-order valence-corrected chi connectivity index (χ3v) is 3.45. The first-order chi connectivity index (χ1) is 10.2. The Morgan fingerprint density at radius 3 is 2.67 bits per heavy atom. The summed E-state index contributed by atoms with van der Waals surface area (Å²) in [6, 6.07) is 6.07. The monoisotopic (exact) mass is 312 g/mol. The van der Waals surface area contributed by atoms with Crippen molar-refractivity contribution in [3.63, 3.8) is 0 Å². The minimum Gasteiger partial charge on any atom is -0.379 e. The van der Waals surface area contributed by atoms with Crippen molar-refractivity contribution in [1.29, 1.82) is 0 Å². The van der Waals surface area contributed by atoms with Crippen LogP contribution in [0.3, 0.4) is 0 Å². The zero-order valence-corrected chi connectivity index (χ0v) is 12.7. The lowest BCUT2D eigenvalue weighted by Crippen LogP contribution is -2.41. The summed E-state index contributed by atoms with van der Waals surface area (Å²) in [6.45, 7) is 5.53. The number of hydrogen-bond acceptors (Lipinski definition) is 4. The molecule has 3 N–H and O–H groups in total. The second-order valence-electron chi connectivity index (χ2n) is 4.82. The molecule has 1 aromatic carbocycles. The minimum absolute atomic E-state index is 0.260. The molecule has 0 saturated carbocycles. The van der Waals surface area contributed by atoms with E-state index in [1.807, 2.05) is 0 Å². The summed E-state index contributed by atoms with van der Waals surface area (Å²) >= 11 is 5.16. The van der Waals surface area contributed by atoms with Crippen molar-refractivity contribution in [1.82, 2.24) is 15.6 Å². The molecule has 0 radical (unpaired) electrons. The van der Waals surface area contributed by atoms with Crippen molar-refractivity contribution in [3.05, 3.63) is 30.1 Å². The van der Waals surface area contributed by atoms with E-state index in [1.165, 1.54) is 12.1 Å². The van der Waals surface area contributed by atoms with Gasteiger partial charge in [0.05, 0.1) is 18.9 Å². The minimum atomic E-state index is -0.260. The molecular formula is C14H21FN4OS. The third kappa shape index (κ3) is 6.24. The van der Waals surface area contributed by atoms with Crippen molar-refractivity contribution < 1.29 is 9.13 Å². The number of benzene rings is 1. The van der Waals surface area contributed by atoms with Gasteiger partial charge in [0.15, 0.2) is 5.11 Å². The highest BCUT2D eigenvalue weighted by Crippen LogP contribution is 2.06. The summed E-state index contributed by atoms with van der Waals surface area (Å²) in [5.41, 5.74) is 6.54.